The Bertz CT molecular complexity index is 1530. The minimum Gasteiger partial charge on any atom is -0.508 e. The summed E-state index contributed by atoms with van der Waals surface area (Å²) in [7, 11) is -7.38. The van der Waals surface area contributed by atoms with Crippen LogP contribution >= 0.6 is 0 Å². The van der Waals surface area contributed by atoms with Gasteiger partial charge in [0.05, 0.1) is 27.9 Å². The molecule has 0 fully saturated rings. The lowest BCUT2D eigenvalue weighted by Crippen LogP contribution is -2.07. The lowest BCUT2D eigenvalue weighted by atomic mass is 10.3. The Kier molecular flexibility index (Phi) is 8.15. The number of sulfone groups is 2. The first-order valence-electron chi connectivity index (χ1n) is 11.6. The molecule has 0 unspecified atom stereocenters. The van der Waals surface area contributed by atoms with Gasteiger partial charge in [0.1, 0.15) is 22.1 Å². The highest BCUT2D eigenvalue weighted by Gasteiger charge is 2.21. The Balaban J connectivity index is 1.27. The lowest BCUT2D eigenvalue weighted by molar-refractivity contribution is 0.263. The van der Waals surface area contributed by atoms with Crippen molar-refractivity contribution in [3.05, 3.63) is 103 Å². The monoisotopic (exact) mass is 538 g/mol. The van der Waals surface area contributed by atoms with Crippen LogP contribution in [0.3, 0.4) is 0 Å². The zero-order chi connectivity index (χ0) is 26.3. The van der Waals surface area contributed by atoms with E-state index in [1.165, 1.54) is 42.5 Å². The van der Waals surface area contributed by atoms with Crippen molar-refractivity contribution in [1.82, 2.24) is 0 Å². The van der Waals surface area contributed by atoms with E-state index in [0.29, 0.717) is 37.6 Å². The van der Waals surface area contributed by atoms with Crippen molar-refractivity contribution in [1.29, 1.82) is 0 Å². The molecule has 0 saturated heterocycles. The van der Waals surface area contributed by atoms with E-state index in [1.807, 2.05) is 0 Å². The summed E-state index contributed by atoms with van der Waals surface area (Å²) in [6.45, 7) is 0.700. The number of hydrogen-bond acceptors (Lipinski definition) is 7. The molecular weight excluding hydrogens is 512 g/mol. The molecule has 0 saturated carbocycles. The molecule has 7 nitrogen and oxygen atoms in total. The molecule has 0 heterocycles. The molecular formula is C28H26O7S2. The number of unbranched alkanes of at least 4 members (excludes halogenated alkanes) is 1. The summed E-state index contributed by atoms with van der Waals surface area (Å²) < 4.78 is 62.8. The Labute approximate surface area is 216 Å². The molecule has 0 radical (unpaired) electrons. The maximum Gasteiger partial charge on any atom is 0.210 e. The van der Waals surface area contributed by atoms with E-state index in [2.05, 4.69) is 0 Å². The van der Waals surface area contributed by atoms with Crippen molar-refractivity contribution in [2.45, 2.75) is 32.4 Å². The van der Waals surface area contributed by atoms with E-state index < -0.39 is 19.7 Å². The zero-order valence-corrected chi connectivity index (χ0v) is 21.5. The van der Waals surface area contributed by atoms with Crippen LogP contribution in [0, 0.1) is 0 Å². The molecule has 0 aliphatic rings. The van der Waals surface area contributed by atoms with Gasteiger partial charge in [-0.1, -0.05) is 30.3 Å². The second kappa shape index (κ2) is 11.5. The van der Waals surface area contributed by atoms with Crippen molar-refractivity contribution in [3.63, 3.8) is 0 Å². The van der Waals surface area contributed by atoms with Gasteiger partial charge in [0.15, 0.2) is 0 Å². The molecule has 9 heteroatoms. The number of hydrogen-bond donors (Lipinski definition) is 1. The van der Waals surface area contributed by atoms with Crippen molar-refractivity contribution in [2.24, 2.45) is 0 Å². The highest BCUT2D eigenvalue weighted by molar-refractivity contribution is 7.91. The van der Waals surface area contributed by atoms with Gasteiger partial charge in [-0.3, -0.25) is 0 Å². The molecule has 0 aromatic heterocycles. The van der Waals surface area contributed by atoms with Crippen LogP contribution in [-0.2, 0) is 19.7 Å². The van der Waals surface area contributed by atoms with E-state index >= 15 is 0 Å². The Morgan fingerprint density at radius 3 is 1.70 bits per heavy atom. The molecule has 0 atom stereocenters. The van der Waals surface area contributed by atoms with Crippen molar-refractivity contribution in [3.8, 4) is 17.2 Å². The SMILES string of the molecule is O=S(=O)(c1ccc(O)cc1)c1ccc(OCCCCOc2ccccc2S(=O)(=O)c2ccccc2)cc1. The number of phenols is 1. The molecule has 0 aliphatic heterocycles. The fourth-order valence-corrected chi connectivity index (χ4v) is 6.25. The summed E-state index contributed by atoms with van der Waals surface area (Å²) in [6.07, 6.45) is 1.29. The van der Waals surface area contributed by atoms with Gasteiger partial charge in [0.25, 0.3) is 0 Å². The summed E-state index contributed by atoms with van der Waals surface area (Å²) >= 11 is 0. The van der Waals surface area contributed by atoms with Gasteiger partial charge in [0.2, 0.25) is 19.7 Å². The largest absolute Gasteiger partial charge is 0.508 e. The van der Waals surface area contributed by atoms with Crippen LogP contribution < -0.4 is 9.47 Å². The number of ether oxygens (including phenoxy) is 2. The molecule has 192 valence electrons. The zero-order valence-electron chi connectivity index (χ0n) is 19.9. The summed E-state index contributed by atoms with van der Waals surface area (Å²) in [5, 5.41) is 9.37. The fourth-order valence-electron chi connectivity index (χ4n) is 3.57. The van der Waals surface area contributed by atoms with Crippen LogP contribution in [0.1, 0.15) is 12.8 Å². The highest BCUT2D eigenvalue weighted by atomic mass is 32.2. The quantitative estimate of drug-likeness (QED) is 0.258. The van der Waals surface area contributed by atoms with Gasteiger partial charge in [-0.05, 0) is 85.6 Å². The highest BCUT2D eigenvalue weighted by Crippen LogP contribution is 2.29. The van der Waals surface area contributed by atoms with E-state index in [0.717, 1.165) is 0 Å². The smallest absolute Gasteiger partial charge is 0.210 e. The maximum atomic E-state index is 13.0. The molecule has 4 rings (SSSR count). The molecule has 0 spiro atoms. The van der Waals surface area contributed by atoms with Gasteiger partial charge in [-0.2, -0.15) is 0 Å². The summed E-state index contributed by atoms with van der Waals surface area (Å²) in [5.74, 6) is 0.831. The number of phenolic OH excluding ortho intramolecular Hbond substituents is 1. The number of rotatable bonds is 11. The number of para-hydroxylation sites is 1. The van der Waals surface area contributed by atoms with E-state index in [9.17, 15) is 21.9 Å². The summed E-state index contributed by atoms with van der Waals surface area (Å²) in [4.78, 5) is 0.557. The van der Waals surface area contributed by atoms with Crippen molar-refractivity contribution < 1.29 is 31.4 Å². The van der Waals surface area contributed by atoms with Crippen LogP contribution in [0.2, 0.25) is 0 Å². The van der Waals surface area contributed by atoms with E-state index in [4.69, 9.17) is 9.47 Å². The molecule has 0 amide bonds. The molecule has 37 heavy (non-hydrogen) atoms. The van der Waals surface area contributed by atoms with Gasteiger partial charge in [0, 0.05) is 0 Å². The van der Waals surface area contributed by atoms with Crippen molar-refractivity contribution >= 4 is 19.7 Å². The first kappa shape index (κ1) is 26.2. The van der Waals surface area contributed by atoms with Crippen LogP contribution in [0.25, 0.3) is 0 Å². The van der Waals surface area contributed by atoms with Crippen LogP contribution in [0.5, 0.6) is 17.2 Å². The van der Waals surface area contributed by atoms with Crippen LogP contribution in [0.4, 0.5) is 0 Å². The normalized spacial score (nSPS) is 11.7. The van der Waals surface area contributed by atoms with Gasteiger partial charge in [-0.25, -0.2) is 16.8 Å². The van der Waals surface area contributed by atoms with Crippen LogP contribution in [-0.4, -0.2) is 35.2 Å². The molecule has 0 bridgehead atoms. The first-order chi connectivity index (χ1) is 17.8. The number of benzene rings is 4. The topological polar surface area (TPSA) is 107 Å². The predicted octanol–water partition coefficient (Wildman–Crippen LogP) is 5.30. The second-order valence-electron chi connectivity index (χ2n) is 8.14. The fraction of sp³-hybridized carbons (Fsp3) is 0.143. The van der Waals surface area contributed by atoms with Gasteiger partial charge >= 0.3 is 0 Å². The average molecular weight is 539 g/mol. The van der Waals surface area contributed by atoms with E-state index in [-0.39, 0.29) is 25.3 Å². The second-order valence-corrected chi connectivity index (χ2v) is 12.0. The Morgan fingerprint density at radius 2 is 1.05 bits per heavy atom. The summed E-state index contributed by atoms with van der Waals surface area (Å²) in [6, 6.07) is 26.3. The first-order valence-corrected chi connectivity index (χ1v) is 14.5. The van der Waals surface area contributed by atoms with Gasteiger partial charge < -0.3 is 14.6 Å². The van der Waals surface area contributed by atoms with Crippen molar-refractivity contribution in [2.75, 3.05) is 13.2 Å². The number of aromatic hydroxyl groups is 1. The Morgan fingerprint density at radius 1 is 0.541 bits per heavy atom. The predicted molar refractivity (Wildman–Crippen MR) is 139 cm³/mol. The van der Waals surface area contributed by atoms with Crippen LogP contribution in [0.15, 0.2) is 123 Å². The van der Waals surface area contributed by atoms with E-state index in [1.54, 1.807) is 60.7 Å². The molecule has 1 N–H and O–H groups in total. The molecule has 0 aliphatic carbocycles. The molecule has 4 aromatic carbocycles. The minimum absolute atomic E-state index is 0.00507. The Hall–Kier alpha value is -3.82. The maximum absolute atomic E-state index is 13.0. The average Bonchev–Trinajstić information content (AvgIpc) is 2.92. The van der Waals surface area contributed by atoms with Gasteiger partial charge in [-0.15, -0.1) is 0 Å². The molecule has 4 aromatic rings. The third-order valence-corrected chi connectivity index (χ3v) is 9.13. The third-order valence-electron chi connectivity index (χ3n) is 5.54. The summed E-state index contributed by atoms with van der Waals surface area (Å²) in [5.41, 5.74) is 0. The standard InChI is InChI=1S/C28H26O7S2/c29-22-12-16-25(17-13-22)36(30,31)26-18-14-23(15-19-26)34-20-6-7-21-35-27-10-4-5-11-28(27)37(32,33)24-8-2-1-3-9-24/h1-5,8-19,29H,6-7,20-21H2. The lowest BCUT2D eigenvalue weighted by Gasteiger charge is -2.12. The third kappa shape index (κ3) is 6.31. The minimum atomic E-state index is -3.69.